The molecule has 11 heteroatoms. The summed E-state index contributed by atoms with van der Waals surface area (Å²) >= 11 is 0. The van der Waals surface area contributed by atoms with E-state index in [2.05, 4.69) is 22.4 Å². The highest BCUT2D eigenvalue weighted by atomic mass is 16.6. The summed E-state index contributed by atoms with van der Waals surface area (Å²) in [5.74, 6) is -1.23. The number of likely N-dealkylation sites (tertiary alicyclic amines) is 1. The van der Waals surface area contributed by atoms with Crippen molar-refractivity contribution in [1.29, 1.82) is 5.26 Å². The van der Waals surface area contributed by atoms with Crippen LogP contribution >= 0.6 is 0 Å². The number of carbonyl (C=O) groups is 2. The molecular weight excluding hydrogens is 451 g/mol. The van der Waals surface area contributed by atoms with Gasteiger partial charge in [0.25, 0.3) is 5.91 Å². The summed E-state index contributed by atoms with van der Waals surface area (Å²) in [5, 5.41) is 31.6. The highest BCUT2D eigenvalue weighted by Gasteiger charge is 2.33. The van der Waals surface area contributed by atoms with Crippen molar-refractivity contribution >= 4 is 19.1 Å². The van der Waals surface area contributed by atoms with Crippen LogP contribution in [0.15, 0.2) is 23.3 Å². The second kappa shape index (κ2) is 12.5. The minimum Gasteiger partial charge on any atom is -0.444 e. The molecule has 2 saturated heterocycles. The molecule has 0 aromatic rings. The fraction of sp³-hybridized carbons (Fsp3) is 0.708. The standard InChI is InChI=1S/C24H37BN4O6/c1-24(2,29-10-12-34-13-11-29)15-19(16-26)22(30)28-9-5-8-20(17-28)35-23(31)27-21(25(32)33)14-18-6-3-4-7-18/h6,15,20-21,32-33H,3-5,7-14,17H2,1-2H3,(H,27,31)/t20-,21?/m0/s1. The van der Waals surface area contributed by atoms with Gasteiger partial charge in [0.1, 0.15) is 17.7 Å². The third-order valence-electron chi connectivity index (χ3n) is 6.89. The SMILES string of the molecule is CC(C)(C=C(C#N)C(=O)N1CCC[C@H](OC(=O)NC(CC2=CCCC2)B(O)O)C1)N1CCOCC1. The van der Waals surface area contributed by atoms with Crippen molar-refractivity contribution in [2.24, 2.45) is 0 Å². The van der Waals surface area contributed by atoms with Crippen LogP contribution in [0.1, 0.15) is 52.4 Å². The van der Waals surface area contributed by atoms with Gasteiger partial charge in [-0.05, 0) is 58.4 Å². The Morgan fingerprint density at radius 1 is 1.34 bits per heavy atom. The number of carbonyl (C=O) groups excluding carboxylic acids is 2. The minimum absolute atomic E-state index is 0.0694. The summed E-state index contributed by atoms with van der Waals surface area (Å²) in [5.41, 5.74) is 0.680. The quantitative estimate of drug-likeness (QED) is 0.200. The van der Waals surface area contributed by atoms with E-state index in [0.717, 1.165) is 37.9 Å². The molecule has 2 atom stereocenters. The van der Waals surface area contributed by atoms with E-state index in [4.69, 9.17) is 9.47 Å². The Morgan fingerprint density at radius 3 is 2.71 bits per heavy atom. The Hall–Kier alpha value is -2.39. The van der Waals surface area contributed by atoms with Gasteiger partial charge in [-0.3, -0.25) is 9.69 Å². The normalized spacial score (nSPS) is 22.7. The molecule has 192 valence electrons. The van der Waals surface area contributed by atoms with Crippen LogP contribution in [0.25, 0.3) is 0 Å². The van der Waals surface area contributed by atoms with E-state index in [1.165, 1.54) is 0 Å². The molecule has 2 fully saturated rings. The lowest BCUT2D eigenvalue weighted by Crippen LogP contribution is -2.50. The second-order valence-electron chi connectivity index (χ2n) is 9.97. The summed E-state index contributed by atoms with van der Waals surface area (Å²) in [7, 11) is -1.70. The summed E-state index contributed by atoms with van der Waals surface area (Å²) in [6.45, 7) is 7.30. The van der Waals surface area contributed by atoms with E-state index in [1.807, 2.05) is 13.8 Å². The lowest BCUT2D eigenvalue weighted by Gasteiger charge is -2.39. The molecule has 1 aliphatic carbocycles. The fourth-order valence-electron chi connectivity index (χ4n) is 4.89. The first kappa shape index (κ1) is 27.2. The van der Waals surface area contributed by atoms with Crippen molar-refractivity contribution in [2.75, 3.05) is 39.4 Å². The van der Waals surface area contributed by atoms with Crippen molar-refractivity contribution in [2.45, 2.75) is 70.0 Å². The number of allylic oxidation sites excluding steroid dienone is 1. The number of nitriles is 1. The lowest BCUT2D eigenvalue weighted by atomic mass is 9.76. The number of morpholine rings is 1. The maximum atomic E-state index is 13.1. The fourth-order valence-corrected chi connectivity index (χ4v) is 4.89. The van der Waals surface area contributed by atoms with Gasteiger partial charge < -0.3 is 29.7 Å². The molecule has 2 amide bonds. The largest absolute Gasteiger partial charge is 0.475 e. The number of piperidine rings is 1. The monoisotopic (exact) mass is 488 g/mol. The zero-order valence-electron chi connectivity index (χ0n) is 20.7. The zero-order valence-corrected chi connectivity index (χ0v) is 20.7. The number of rotatable bonds is 8. The van der Waals surface area contributed by atoms with E-state index in [1.54, 1.807) is 11.0 Å². The molecule has 1 unspecified atom stereocenters. The highest BCUT2D eigenvalue weighted by Crippen LogP contribution is 2.23. The Balaban J connectivity index is 1.57. The number of nitrogens with zero attached hydrogens (tertiary/aromatic N) is 3. The molecule has 3 N–H and O–H groups in total. The van der Waals surface area contributed by atoms with Crippen LogP contribution in [0.5, 0.6) is 0 Å². The second-order valence-corrected chi connectivity index (χ2v) is 9.97. The molecule has 2 heterocycles. The predicted molar refractivity (Wildman–Crippen MR) is 130 cm³/mol. The van der Waals surface area contributed by atoms with Crippen LogP contribution in [-0.2, 0) is 14.3 Å². The average molecular weight is 488 g/mol. The third kappa shape index (κ3) is 7.80. The van der Waals surface area contributed by atoms with Gasteiger partial charge >= 0.3 is 13.2 Å². The zero-order chi connectivity index (χ0) is 25.4. The van der Waals surface area contributed by atoms with Gasteiger partial charge in [-0.1, -0.05) is 11.6 Å². The van der Waals surface area contributed by atoms with Gasteiger partial charge in [0.2, 0.25) is 0 Å². The van der Waals surface area contributed by atoms with E-state index in [-0.39, 0.29) is 18.0 Å². The molecule has 0 aromatic carbocycles. The Labute approximate surface area is 207 Å². The first-order chi connectivity index (χ1) is 16.7. The lowest BCUT2D eigenvalue weighted by molar-refractivity contribution is -0.129. The van der Waals surface area contributed by atoms with Gasteiger partial charge in [0, 0.05) is 25.2 Å². The van der Waals surface area contributed by atoms with Crippen molar-refractivity contribution in [3.05, 3.63) is 23.3 Å². The smallest absolute Gasteiger partial charge is 0.444 e. The van der Waals surface area contributed by atoms with Crippen molar-refractivity contribution in [3.63, 3.8) is 0 Å². The molecular formula is C24H37BN4O6. The highest BCUT2D eigenvalue weighted by molar-refractivity contribution is 6.43. The molecule has 0 spiro atoms. The molecule has 0 saturated carbocycles. The summed E-state index contributed by atoms with van der Waals surface area (Å²) in [4.78, 5) is 29.3. The van der Waals surface area contributed by atoms with Crippen molar-refractivity contribution in [1.82, 2.24) is 15.1 Å². The molecule has 35 heavy (non-hydrogen) atoms. The number of alkyl carbamates (subject to hydrolysis) is 1. The number of amides is 2. The van der Waals surface area contributed by atoms with Gasteiger partial charge in [-0.2, -0.15) is 5.26 Å². The third-order valence-corrected chi connectivity index (χ3v) is 6.89. The van der Waals surface area contributed by atoms with Gasteiger partial charge in [-0.15, -0.1) is 0 Å². The Morgan fingerprint density at radius 2 is 2.09 bits per heavy atom. The Bertz CT molecular complexity index is 863. The maximum Gasteiger partial charge on any atom is 0.475 e. The molecule has 0 aromatic heterocycles. The number of hydrogen-bond acceptors (Lipinski definition) is 8. The van der Waals surface area contributed by atoms with Crippen molar-refractivity contribution in [3.8, 4) is 6.07 Å². The summed E-state index contributed by atoms with van der Waals surface area (Å²) < 4.78 is 10.9. The van der Waals surface area contributed by atoms with Crippen LogP contribution in [-0.4, -0.2) is 95.9 Å². The van der Waals surface area contributed by atoms with E-state index in [0.29, 0.717) is 39.0 Å². The molecule has 0 bridgehead atoms. The van der Waals surface area contributed by atoms with E-state index < -0.39 is 30.8 Å². The first-order valence-corrected chi connectivity index (χ1v) is 12.5. The van der Waals surface area contributed by atoms with Crippen LogP contribution in [0.3, 0.4) is 0 Å². The van der Waals surface area contributed by atoms with Crippen molar-refractivity contribution < 1.29 is 29.1 Å². The minimum atomic E-state index is -1.70. The van der Waals surface area contributed by atoms with Crippen LogP contribution < -0.4 is 5.32 Å². The summed E-state index contributed by atoms with van der Waals surface area (Å²) in [6, 6.07) is 2.05. The van der Waals surface area contributed by atoms with Gasteiger partial charge in [0.15, 0.2) is 0 Å². The molecule has 3 rings (SSSR count). The predicted octanol–water partition coefficient (Wildman–Crippen LogP) is 1.15. The molecule has 2 aliphatic heterocycles. The van der Waals surface area contributed by atoms with Gasteiger partial charge in [0.05, 0.1) is 25.7 Å². The number of ether oxygens (including phenoxy) is 2. The van der Waals surface area contributed by atoms with Crippen LogP contribution in [0.2, 0.25) is 0 Å². The van der Waals surface area contributed by atoms with E-state index in [9.17, 15) is 24.9 Å². The Kier molecular flexibility index (Phi) is 9.75. The first-order valence-electron chi connectivity index (χ1n) is 12.5. The molecule has 3 aliphatic rings. The average Bonchev–Trinajstić information content (AvgIpc) is 3.35. The number of nitrogens with one attached hydrogen (secondary N) is 1. The molecule has 10 nitrogen and oxygen atoms in total. The van der Waals surface area contributed by atoms with E-state index >= 15 is 0 Å². The maximum absolute atomic E-state index is 13.1. The van der Waals surface area contributed by atoms with Crippen LogP contribution in [0.4, 0.5) is 4.79 Å². The number of hydrogen-bond donors (Lipinski definition) is 3. The van der Waals surface area contributed by atoms with Gasteiger partial charge in [-0.25, -0.2) is 4.79 Å². The topological polar surface area (TPSA) is 135 Å². The summed E-state index contributed by atoms with van der Waals surface area (Å²) in [6.07, 6.45) is 6.94. The molecule has 0 radical (unpaired) electrons. The van der Waals surface area contributed by atoms with Crippen LogP contribution in [0, 0.1) is 11.3 Å².